The average Bonchev–Trinajstić information content (AvgIpc) is 2.19. The molecule has 6 heteroatoms. The fraction of sp³-hybridized carbons (Fsp3) is 0.273. The zero-order chi connectivity index (χ0) is 13.2. The third-order valence-electron chi connectivity index (χ3n) is 2.00. The van der Waals surface area contributed by atoms with Crippen molar-refractivity contribution in [3.05, 3.63) is 29.6 Å². The summed E-state index contributed by atoms with van der Waals surface area (Å²) in [5.74, 6) is -2.32. The van der Waals surface area contributed by atoms with Crippen molar-refractivity contribution in [1.29, 1.82) is 0 Å². The quantitative estimate of drug-likeness (QED) is 0.844. The fourth-order valence-electron chi connectivity index (χ4n) is 1.03. The van der Waals surface area contributed by atoms with Crippen molar-refractivity contribution in [2.45, 2.75) is 18.2 Å². The molecule has 0 aliphatic rings. The summed E-state index contributed by atoms with van der Waals surface area (Å²) >= 11 is 3.12. The maximum atomic E-state index is 13.4. The number of alkyl halides is 1. The van der Waals surface area contributed by atoms with Gasteiger partial charge >= 0.3 is 5.97 Å². The van der Waals surface area contributed by atoms with Crippen LogP contribution in [0, 0.1) is 5.82 Å². The normalized spacial score (nSPS) is 11.1. The lowest BCUT2D eigenvalue weighted by atomic mass is 10.1. The number of amides is 1. The van der Waals surface area contributed by atoms with Crippen molar-refractivity contribution >= 4 is 33.5 Å². The van der Waals surface area contributed by atoms with E-state index >= 15 is 0 Å². The van der Waals surface area contributed by atoms with Crippen molar-refractivity contribution < 1.29 is 19.1 Å². The number of benzene rings is 1. The Balaban J connectivity index is 3.02. The first kappa shape index (κ1) is 13.6. The van der Waals surface area contributed by atoms with Crippen LogP contribution in [0.4, 0.5) is 10.1 Å². The Bertz CT molecular complexity index is 468. The lowest BCUT2D eigenvalue weighted by molar-refractivity contribution is -0.117. The molecule has 4 nitrogen and oxygen atoms in total. The van der Waals surface area contributed by atoms with Crippen molar-refractivity contribution in [3.63, 3.8) is 0 Å². The Hall–Kier alpha value is -1.43. The molecular formula is C11H11BrFNO3. The summed E-state index contributed by atoms with van der Waals surface area (Å²) in [6.45, 7) is 3.20. The van der Waals surface area contributed by atoms with Gasteiger partial charge in [0.2, 0.25) is 5.91 Å². The Kier molecular flexibility index (Phi) is 3.87. The third-order valence-corrected chi connectivity index (χ3v) is 2.36. The molecule has 1 aromatic carbocycles. The number of aromatic carboxylic acids is 1. The number of nitrogens with one attached hydrogen (secondary N) is 1. The molecule has 1 rings (SSSR count). The fourth-order valence-corrected chi connectivity index (χ4v) is 1.12. The molecule has 0 aliphatic carbocycles. The van der Waals surface area contributed by atoms with Crippen LogP contribution in [0.1, 0.15) is 24.2 Å². The maximum Gasteiger partial charge on any atom is 0.335 e. The van der Waals surface area contributed by atoms with Gasteiger partial charge in [0.1, 0.15) is 5.82 Å². The molecule has 92 valence electrons. The van der Waals surface area contributed by atoms with Gasteiger partial charge in [-0.25, -0.2) is 9.18 Å². The number of halogens is 2. The second-order valence-corrected chi connectivity index (χ2v) is 5.91. The Morgan fingerprint density at radius 1 is 1.41 bits per heavy atom. The minimum Gasteiger partial charge on any atom is -0.478 e. The molecule has 0 atom stereocenters. The molecule has 0 saturated heterocycles. The number of rotatable bonds is 3. The van der Waals surface area contributed by atoms with Gasteiger partial charge in [-0.1, -0.05) is 15.9 Å². The van der Waals surface area contributed by atoms with Crippen molar-refractivity contribution in [2.24, 2.45) is 0 Å². The monoisotopic (exact) mass is 303 g/mol. The van der Waals surface area contributed by atoms with E-state index in [1.807, 2.05) is 0 Å². The molecule has 0 heterocycles. The lowest BCUT2D eigenvalue weighted by Gasteiger charge is -2.16. The molecule has 1 aromatic rings. The van der Waals surface area contributed by atoms with E-state index < -0.39 is 22.0 Å². The number of carboxylic acid groups (broad SMARTS) is 1. The lowest BCUT2D eigenvalue weighted by Crippen LogP contribution is -2.31. The summed E-state index contributed by atoms with van der Waals surface area (Å²) in [5, 5.41) is 11.1. The van der Waals surface area contributed by atoms with E-state index in [-0.39, 0.29) is 11.3 Å². The molecule has 0 radical (unpaired) electrons. The average molecular weight is 304 g/mol. The van der Waals surface area contributed by atoms with E-state index in [0.717, 1.165) is 18.2 Å². The zero-order valence-corrected chi connectivity index (χ0v) is 10.8. The number of anilines is 1. The van der Waals surface area contributed by atoms with Crippen LogP contribution in [0.2, 0.25) is 0 Å². The van der Waals surface area contributed by atoms with Crippen LogP contribution in [-0.2, 0) is 4.79 Å². The van der Waals surface area contributed by atoms with E-state index in [1.165, 1.54) is 0 Å². The summed E-state index contributed by atoms with van der Waals surface area (Å²) in [7, 11) is 0. The predicted octanol–water partition coefficient (Wildman–Crippen LogP) is 2.64. The van der Waals surface area contributed by atoms with Gasteiger partial charge in [-0.3, -0.25) is 4.79 Å². The van der Waals surface area contributed by atoms with Crippen LogP contribution in [0.15, 0.2) is 18.2 Å². The van der Waals surface area contributed by atoms with Crippen LogP contribution in [0.5, 0.6) is 0 Å². The predicted molar refractivity (Wildman–Crippen MR) is 65.0 cm³/mol. The molecule has 0 aromatic heterocycles. The van der Waals surface area contributed by atoms with Gasteiger partial charge in [-0.15, -0.1) is 0 Å². The Labute approximate surface area is 106 Å². The summed E-state index contributed by atoms with van der Waals surface area (Å²) in [6.07, 6.45) is 0. The van der Waals surface area contributed by atoms with Gasteiger partial charge in [0.25, 0.3) is 0 Å². The third kappa shape index (κ3) is 3.52. The summed E-state index contributed by atoms with van der Waals surface area (Å²) < 4.78 is 12.5. The molecule has 17 heavy (non-hydrogen) atoms. The second kappa shape index (κ2) is 4.83. The number of carbonyl (C=O) groups excluding carboxylic acids is 1. The molecule has 0 aliphatic heterocycles. The maximum absolute atomic E-state index is 13.4. The van der Waals surface area contributed by atoms with Crippen LogP contribution >= 0.6 is 15.9 Å². The molecule has 1 amide bonds. The molecule has 0 saturated carbocycles. The van der Waals surface area contributed by atoms with Crippen molar-refractivity contribution in [3.8, 4) is 0 Å². The van der Waals surface area contributed by atoms with Crippen molar-refractivity contribution in [1.82, 2.24) is 0 Å². The van der Waals surface area contributed by atoms with Gasteiger partial charge in [0.05, 0.1) is 15.6 Å². The summed E-state index contributed by atoms with van der Waals surface area (Å²) in [4.78, 5) is 22.3. The van der Waals surface area contributed by atoms with E-state index in [2.05, 4.69) is 21.2 Å². The Morgan fingerprint density at radius 3 is 2.47 bits per heavy atom. The number of hydrogen-bond donors (Lipinski definition) is 2. The van der Waals surface area contributed by atoms with Gasteiger partial charge in [-0.2, -0.15) is 0 Å². The van der Waals surface area contributed by atoms with Gasteiger partial charge in [0, 0.05) is 0 Å². The minimum absolute atomic E-state index is 0.0888. The van der Waals surface area contributed by atoms with E-state index in [1.54, 1.807) is 13.8 Å². The van der Waals surface area contributed by atoms with Crippen LogP contribution in [-0.4, -0.2) is 21.3 Å². The highest BCUT2D eigenvalue weighted by atomic mass is 79.9. The van der Waals surface area contributed by atoms with Gasteiger partial charge in [-0.05, 0) is 32.0 Å². The highest BCUT2D eigenvalue weighted by Gasteiger charge is 2.24. The van der Waals surface area contributed by atoms with E-state index in [4.69, 9.17) is 5.11 Å². The zero-order valence-electron chi connectivity index (χ0n) is 9.25. The first-order valence-electron chi connectivity index (χ1n) is 4.75. The van der Waals surface area contributed by atoms with Crippen LogP contribution in [0.3, 0.4) is 0 Å². The standard InChI is InChI=1S/C11H11BrFNO3/c1-11(2,12)10(17)14-8-5-6(9(15)16)3-4-7(8)13/h3-5H,1-2H3,(H,14,17)(H,15,16). The first-order valence-corrected chi connectivity index (χ1v) is 5.54. The Morgan fingerprint density at radius 2 is 2.00 bits per heavy atom. The topological polar surface area (TPSA) is 66.4 Å². The van der Waals surface area contributed by atoms with Crippen LogP contribution in [0.25, 0.3) is 0 Å². The largest absolute Gasteiger partial charge is 0.478 e. The molecule has 0 spiro atoms. The summed E-state index contributed by atoms with van der Waals surface area (Å²) in [6, 6.07) is 3.21. The molecule has 0 bridgehead atoms. The van der Waals surface area contributed by atoms with Crippen LogP contribution < -0.4 is 5.32 Å². The molecule has 0 unspecified atom stereocenters. The van der Waals surface area contributed by atoms with Crippen molar-refractivity contribution in [2.75, 3.05) is 5.32 Å². The number of carboxylic acids is 1. The summed E-state index contributed by atoms with van der Waals surface area (Å²) in [5.41, 5.74) is -0.239. The van der Waals surface area contributed by atoms with E-state index in [9.17, 15) is 14.0 Å². The molecule has 2 N–H and O–H groups in total. The van der Waals surface area contributed by atoms with Gasteiger partial charge in [0.15, 0.2) is 0 Å². The molecule has 0 fully saturated rings. The highest BCUT2D eigenvalue weighted by molar-refractivity contribution is 9.10. The number of hydrogen-bond acceptors (Lipinski definition) is 2. The van der Waals surface area contributed by atoms with E-state index in [0.29, 0.717) is 0 Å². The highest BCUT2D eigenvalue weighted by Crippen LogP contribution is 2.21. The molecular weight excluding hydrogens is 293 g/mol. The number of carbonyl (C=O) groups is 2. The smallest absolute Gasteiger partial charge is 0.335 e. The minimum atomic E-state index is -1.18. The second-order valence-electron chi connectivity index (χ2n) is 3.93. The SMILES string of the molecule is CC(C)(Br)C(=O)Nc1cc(C(=O)O)ccc1F. The first-order chi connectivity index (χ1) is 7.71. The van der Waals surface area contributed by atoms with Gasteiger partial charge < -0.3 is 10.4 Å².